The van der Waals surface area contributed by atoms with Crippen LogP contribution in [0.5, 0.6) is 0 Å². The highest BCUT2D eigenvalue weighted by Crippen LogP contribution is 2.23. The predicted octanol–water partition coefficient (Wildman–Crippen LogP) is 2.88. The summed E-state index contributed by atoms with van der Waals surface area (Å²) in [5.74, 6) is 0. The van der Waals surface area contributed by atoms with E-state index in [0.29, 0.717) is 6.54 Å². The largest absolute Gasteiger partial charge is 0.387 e. The van der Waals surface area contributed by atoms with Crippen LogP contribution in [-0.2, 0) is 13.1 Å². The maximum atomic E-state index is 9.72. The first-order chi connectivity index (χ1) is 8.54. The molecule has 0 amide bonds. The molecule has 2 rings (SSSR count). The van der Waals surface area contributed by atoms with Gasteiger partial charge in [-0.1, -0.05) is 0 Å². The third-order valence-electron chi connectivity index (χ3n) is 3.07. The highest BCUT2D eigenvalue weighted by Gasteiger charge is 2.14. The van der Waals surface area contributed by atoms with Crippen LogP contribution in [0.1, 0.15) is 37.0 Å². The molecule has 0 aliphatic rings. The van der Waals surface area contributed by atoms with Crippen molar-refractivity contribution in [1.82, 2.24) is 14.3 Å². The molecule has 4 nitrogen and oxygen atoms in total. The zero-order valence-corrected chi connectivity index (χ0v) is 12.5. The Balaban J connectivity index is 2.36. The van der Waals surface area contributed by atoms with Crippen molar-refractivity contribution in [3.8, 4) is 0 Å². The number of nitrogens with zero attached hydrogens (tertiary/aromatic N) is 3. The Morgan fingerprint density at radius 3 is 2.83 bits per heavy atom. The summed E-state index contributed by atoms with van der Waals surface area (Å²) < 4.78 is 5.10. The van der Waals surface area contributed by atoms with Gasteiger partial charge < -0.3 is 9.67 Å². The Labute approximate surface area is 115 Å². The SMILES string of the molecule is CCn1nc(C)c(Br)c1Cn1cccc1C(C)O. The third kappa shape index (κ3) is 2.37. The first-order valence-electron chi connectivity index (χ1n) is 6.09. The van der Waals surface area contributed by atoms with Crippen LogP contribution in [-0.4, -0.2) is 19.5 Å². The van der Waals surface area contributed by atoms with Gasteiger partial charge in [0.05, 0.1) is 28.5 Å². The van der Waals surface area contributed by atoms with E-state index in [2.05, 4.69) is 32.5 Å². The fourth-order valence-electron chi connectivity index (χ4n) is 2.13. The van der Waals surface area contributed by atoms with Crippen molar-refractivity contribution in [2.24, 2.45) is 0 Å². The van der Waals surface area contributed by atoms with E-state index in [0.717, 1.165) is 28.1 Å². The van der Waals surface area contributed by atoms with E-state index in [4.69, 9.17) is 0 Å². The van der Waals surface area contributed by atoms with E-state index in [1.807, 2.05) is 29.9 Å². The van der Waals surface area contributed by atoms with Crippen molar-refractivity contribution in [2.45, 2.75) is 40.0 Å². The third-order valence-corrected chi connectivity index (χ3v) is 4.10. The van der Waals surface area contributed by atoms with Gasteiger partial charge in [-0.15, -0.1) is 0 Å². The molecule has 0 saturated heterocycles. The van der Waals surface area contributed by atoms with E-state index < -0.39 is 6.10 Å². The quantitative estimate of drug-likeness (QED) is 0.943. The molecule has 2 aromatic heterocycles. The van der Waals surface area contributed by atoms with Gasteiger partial charge in [0.15, 0.2) is 0 Å². The molecule has 2 aromatic rings. The van der Waals surface area contributed by atoms with Crippen LogP contribution in [0.2, 0.25) is 0 Å². The minimum atomic E-state index is -0.460. The monoisotopic (exact) mass is 311 g/mol. The molecule has 1 atom stereocenters. The Bertz CT molecular complexity index is 542. The van der Waals surface area contributed by atoms with Crippen molar-refractivity contribution in [2.75, 3.05) is 0 Å². The summed E-state index contributed by atoms with van der Waals surface area (Å²) >= 11 is 3.59. The highest BCUT2D eigenvalue weighted by molar-refractivity contribution is 9.10. The molecular weight excluding hydrogens is 294 g/mol. The number of aliphatic hydroxyl groups is 1. The molecular formula is C13H18BrN3O. The summed E-state index contributed by atoms with van der Waals surface area (Å²) in [5.41, 5.74) is 3.05. The molecule has 0 spiro atoms. The predicted molar refractivity (Wildman–Crippen MR) is 74.5 cm³/mol. The van der Waals surface area contributed by atoms with Gasteiger partial charge in [0.2, 0.25) is 0 Å². The van der Waals surface area contributed by atoms with E-state index in [1.54, 1.807) is 6.92 Å². The van der Waals surface area contributed by atoms with Gasteiger partial charge in [-0.25, -0.2) is 0 Å². The molecule has 1 unspecified atom stereocenters. The van der Waals surface area contributed by atoms with Crippen LogP contribution < -0.4 is 0 Å². The molecule has 0 radical (unpaired) electrons. The molecule has 0 aliphatic heterocycles. The number of aryl methyl sites for hydroxylation is 2. The van der Waals surface area contributed by atoms with Crippen LogP contribution in [0.3, 0.4) is 0 Å². The lowest BCUT2D eigenvalue weighted by molar-refractivity contribution is 0.189. The Kier molecular flexibility index (Phi) is 3.92. The van der Waals surface area contributed by atoms with Crippen molar-refractivity contribution >= 4 is 15.9 Å². The highest BCUT2D eigenvalue weighted by atomic mass is 79.9. The van der Waals surface area contributed by atoms with Crippen molar-refractivity contribution in [3.05, 3.63) is 39.9 Å². The molecule has 0 fully saturated rings. The van der Waals surface area contributed by atoms with Crippen molar-refractivity contribution in [3.63, 3.8) is 0 Å². The number of halogens is 1. The average Bonchev–Trinajstić information content (AvgIpc) is 2.89. The fourth-order valence-corrected chi connectivity index (χ4v) is 2.54. The summed E-state index contributed by atoms with van der Waals surface area (Å²) in [4.78, 5) is 0. The van der Waals surface area contributed by atoms with E-state index in [1.165, 1.54) is 0 Å². The molecule has 18 heavy (non-hydrogen) atoms. The minimum Gasteiger partial charge on any atom is -0.387 e. The summed E-state index contributed by atoms with van der Waals surface area (Å²) in [6, 6.07) is 3.90. The van der Waals surface area contributed by atoms with E-state index in [-0.39, 0.29) is 0 Å². The minimum absolute atomic E-state index is 0.460. The molecule has 0 aliphatic carbocycles. The van der Waals surface area contributed by atoms with Gasteiger partial charge in [0.25, 0.3) is 0 Å². The second-order valence-electron chi connectivity index (χ2n) is 4.40. The Morgan fingerprint density at radius 2 is 2.22 bits per heavy atom. The van der Waals surface area contributed by atoms with Crippen LogP contribution in [0.15, 0.2) is 22.8 Å². The lowest BCUT2D eigenvalue weighted by atomic mass is 10.3. The zero-order chi connectivity index (χ0) is 13.3. The van der Waals surface area contributed by atoms with E-state index >= 15 is 0 Å². The van der Waals surface area contributed by atoms with Crippen LogP contribution in [0.25, 0.3) is 0 Å². The summed E-state index contributed by atoms with van der Waals surface area (Å²) in [6.07, 6.45) is 1.52. The lowest BCUT2D eigenvalue weighted by Crippen LogP contribution is -2.11. The van der Waals surface area contributed by atoms with Gasteiger partial charge >= 0.3 is 0 Å². The van der Waals surface area contributed by atoms with Gasteiger partial charge in [0, 0.05) is 18.4 Å². The number of hydrogen-bond donors (Lipinski definition) is 1. The van der Waals surface area contributed by atoms with Gasteiger partial charge in [0.1, 0.15) is 0 Å². The van der Waals surface area contributed by atoms with Gasteiger partial charge in [-0.3, -0.25) is 4.68 Å². The lowest BCUT2D eigenvalue weighted by Gasteiger charge is -2.12. The van der Waals surface area contributed by atoms with E-state index in [9.17, 15) is 5.11 Å². The number of hydrogen-bond acceptors (Lipinski definition) is 2. The molecule has 1 N–H and O–H groups in total. The summed E-state index contributed by atoms with van der Waals surface area (Å²) in [7, 11) is 0. The Hall–Kier alpha value is -1.07. The standard InChI is InChI=1S/C13H18BrN3O/c1-4-17-12(13(14)9(2)15-17)8-16-7-5-6-11(16)10(3)18/h5-7,10,18H,4,8H2,1-3H3. The van der Waals surface area contributed by atoms with Crippen molar-refractivity contribution < 1.29 is 5.11 Å². The van der Waals surface area contributed by atoms with Crippen LogP contribution in [0.4, 0.5) is 0 Å². The number of aromatic nitrogens is 3. The first kappa shape index (κ1) is 13.4. The molecule has 0 bridgehead atoms. The smallest absolute Gasteiger partial charge is 0.0911 e. The van der Waals surface area contributed by atoms with Crippen molar-refractivity contribution in [1.29, 1.82) is 0 Å². The normalized spacial score (nSPS) is 12.9. The van der Waals surface area contributed by atoms with Crippen LogP contribution in [0, 0.1) is 6.92 Å². The molecule has 0 saturated carbocycles. The fraction of sp³-hybridized carbons (Fsp3) is 0.462. The molecule has 5 heteroatoms. The first-order valence-corrected chi connectivity index (χ1v) is 6.88. The summed E-state index contributed by atoms with van der Waals surface area (Å²) in [6.45, 7) is 7.40. The molecule has 2 heterocycles. The molecule has 98 valence electrons. The topological polar surface area (TPSA) is 43.0 Å². The summed E-state index contributed by atoms with van der Waals surface area (Å²) in [5, 5.41) is 14.2. The Morgan fingerprint density at radius 1 is 1.50 bits per heavy atom. The maximum absolute atomic E-state index is 9.72. The number of aliphatic hydroxyl groups excluding tert-OH is 1. The molecule has 0 aromatic carbocycles. The van der Waals surface area contributed by atoms with Gasteiger partial charge in [-0.05, 0) is 48.8 Å². The maximum Gasteiger partial charge on any atom is 0.0911 e. The van der Waals surface area contributed by atoms with Gasteiger partial charge in [-0.2, -0.15) is 5.10 Å². The average molecular weight is 312 g/mol. The number of rotatable bonds is 4. The second-order valence-corrected chi connectivity index (χ2v) is 5.19. The van der Waals surface area contributed by atoms with Crippen LogP contribution >= 0.6 is 15.9 Å². The second kappa shape index (κ2) is 5.28. The zero-order valence-electron chi connectivity index (χ0n) is 10.9.